The molecule has 0 aromatic carbocycles. The first kappa shape index (κ1) is 10.4. The van der Waals surface area contributed by atoms with Gasteiger partial charge in [0.2, 0.25) is 0 Å². The predicted octanol–water partition coefficient (Wildman–Crippen LogP) is 1.26. The lowest BCUT2D eigenvalue weighted by Gasteiger charge is -2.30. The molecular formula is C11H18N4. The van der Waals surface area contributed by atoms with Gasteiger partial charge >= 0.3 is 0 Å². The molecule has 0 unspecified atom stereocenters. The van der Waals surface area contributed by atoms with Gasteiger partial charge in [-0.25, -0.2) is 0 Å². The Labute approximate surface area is 90.5 Å². The van der Waals surface area contributed by atoms with E-state index in [1.807, 2.05) is 12.1 Å². The van der Waals surface area contributed by atoms with Gasteiger partial charge in [0, 0.05) is 5.92 Å². The van der Waals surface area contributed by atoms with Crippen LogP contribution in [0.25, 0.3) is 0 Å². The molecule has 4 heteroatoms. The third kappa shape index (κ3) is 2.45. The van der Waals surface area contributed by atoms with E-state index in [1.165, 1.54) is 25.9 Å². The second-order valence-electron chi connectivity index (χ2n) is 4.09. The number of hydrogen-bond acceptors (Lipinski definition) is 4. The van der Waals surface area contributed by atoms with Gasteiger partial charge in [0.15, 0.2) is 0 Å². The number of anilines is 1. The molecule has 1 aromatic heterocycles. The quantitative estimate of drug-likeness (QED) is 0.791. The Bertz CT molecular complexity index is 301. The van der Waals surface area contributed by atoms with E-state index < -0.39 is 0 Å². The average molecular weight is 206 g/mol. The number of aromatic nitrogens is 2. The lowest BCUT2D eigenvalue weighted by Crippen LogP contribution is -2.32. The minimum Gasteiger partial charge on any atom is -0.382 e. The topological polar surface area (TPSA) is 55.0 Å². The maximum atomic E-state index is 5.52. The molecule has 2 N–H and O–H groups in total. The van der Waals surface area contributed by atoms with Crippen LogP contribution in [-0.2, 0) is 0 Å². The van der Waals surface area contributed by atoms with Gasteiger partial charge in [-0.3, -0.25) is 0 Å². The molecule has 1 fully saturated rings. The smallest absolute Gasteiger partial charge is 0.146 e. The van der Waals surface area contributed by atoms with E-state index in [0.29, 0.717) is 11.7 Å². The van der Waals surface area contributed by atoms with E-state index in [4.69, 9.17) is 5.73 Å². The van der Waals surface area contributed by atoms with Crippen LogP contribution in [0.5, 0.6) is 0 Å². The van der Waals surface area contributed by atoms with Crippen LogP contribution in [-0.4, -0.2) is 34.7 Å². The summed E-state index contributed by atoms with van der Waals surface area (Å²) in [4.78, 5) is 2.47. The van der Waals surface area contributed by atoms with Crippen molar-refractivity contribution >= 4 is 5.82 Å². The van der Waals surface area contributed by atoms with Crippen molar-refractivity contribution in [2.75, 3.05) is 25.4 Å². The van der Waals surface area contributed by atoms with E-state index in [1.54, 1.807) is 0 Å². The Morgan fingerprint density at radius 3 is 2.60 bits per heavy atom. The van der Waals surface area contributed by atoms with Crippen LogP contribution in [0, 0.1) is 0 Å². The van der Waals surface area contributed by atoms with Gasteiger partial charge in [-0.2, -0.15) is 5.10 Å². The minimum atomic E-state index is 0.504. The molecule has 82 valence electrons. The Kier molecular flexibility index (Phi) is 3.16. The van der Waals surface area contributed by atoms with Gasteiger partial charge < -0.3 is 10.6 Å². The molecule has 2 heterocycles. The molecule has 0 aliphatic carbocycles. The Hall–Kier alpha value is -1.16. The summed E-state index contributed by atoms with van der Waals surface area (Å²) in [6.07, 6.45) is 2.37. The monoisotopic (exact) mass is 206 g/mol. The number of piperidine rings is 1. The van der Waals surface area contributed by atoms with Crippen LogP contribution in [0.3, 0.4) is 0 Å². The molecule has 2 rings (SSSR count). The molecule has 15 heavy (non-hydrogen) atoms. The van der Waals surface area contributed by atoms with Crippen molar-refractivity contribution in [1.29, 1.82) is 0 Å². The highest BCUT2D eigenvalue weighted by Crippen LogP contribution is 2.25. The SMILES string of the molecule is CCN1CCC(c2ccc(N)nn2)CC1. The van der Waals surface area contributed by atoms with Gasteiger partial charge in [-0.05, 0) is 44.6 Å². The first-order valence-corrected chi connectivity index (χ1v) is 5.61. The van der Waals surface area contributed by atoms with Crippen molar-refractivity contribution < 1.29 is 0 Å². The normalized spacial score (nSPS) is 19.3. The zero-order chi connectivity index (χ0) is 10.7. The Morgan fingerprint density at radius 2 is 2.07 bits per heavy atom. The van der Waals surface area contributed by atoms with E-state index in [0.717, 1.165) is 12.2 Å². The van der Waals surface area contributed by atoms with E-state index in [-0.39, 0.29) is 0 Å². The van der Waals surface area contributed by atoms with Crippen LogP contribution >= 0.6 is 0 Å². The maximum absolute atomic E-state index is 5.52. The lowest BCUT2D eigenvalue weighted by molar-refractivity contribution is 0.220. The fraction of sp³-hybridized carbons (Fsp3) is 0.636. The first-order valence-electron chi connectivity index (χ1n) is 5.61. The number of nitrogen functional groups attached to an aromatic ring is 1. The molecule has 0 bridgehead atoms. The van der Waals surface area contributed by atoms with Crippen LogP contribution in [0.4, 0.5) is 5.82 Å². The minimum absolute atomic E-state index is 0.504. The van der Waals surface area contributed by atoms with E-state index >= 15 is 0 Å². The van der Waals surface area contributed by atoms with Gasteiger partial charge in [-0.1, -0.05) is 6.92 Å². The Balaban J connectivity index is 1.98. The van der Waals surface area contributed by atoms with Crippen molar-refractivity contribution in [1.82, 2.24) is 15.1 Å². The molecule has 1 aliphatic rings. The maximum Gasteiger partial charge on any atom is 0.146 e. The van der Waals surface area contributed by atoms with Crippen LogP contribution in [0.2, 0.25) is 0 Å². The number of hydrogen-bond donors (Lipinski definition) is 1. The van der Waals surface area contributed by atoms with Crippen molar-refractivity contribution in [3.05, 3.63) is 17.8 Å². The van der Waals surface area contributed by atoms with Gasteiger partial charge in [0.1, 0.15) is 5.82 Å². The first-order chi connectivity index (χ1) is 7.29. The lowest BCUT2D eigenvalue weighted by atomic mass is 9.93. The molecule has 4 nitrogen and oxygen atoms in total. The molecule has 0 amide bonds. The highest BCUT2D eigenvalue weighted by atomic mass is 15.1. The summed E-state index contributed by atoms with van der Waals surface area (Å²) in [5.41, 5.74) is 6.62. The van der Waals surface area contributed by atoms with Gasteiger partial charge in [0.05, 0.1) is 5.69 Å². The van der Waals surface area contributed by atoms with Crippen molar-refractivity contribution in [2.45, 2.75) is 25.7 Å². The summed E-state index contributed by atoms with van der Waals surface area (Å²) in [6, 6.07) is 3.85. The molecule has 0 radical (unpaired) electrons. The fourth-order valence-electron chi connectivity index (χ4n) is 2.12. The van der Waals surface area contributed by atoms with Crippen LogP contribution in [0.1, 0.15) is 31.4 Å². The standard InChI is InChI=1S/C11H18N4/c1-2-15-7-5-9(6-8-15)10-3-4-11(12)14-13-10/h3-4,9H,2,5-8H2,1H3,(H2,12,14). The Morgan fingerprint density at radius 1 is 1.33 bits per heavy atom. The van der Waals surface area contributed by atoms with Crippen molar-refractivity contribution in [3.63, 3.8) is 0 Å². The molecule has 0 atom stereocenters. The summed E-state index contributed by atoms with van der Waals surface area (Å²) in [7, 11) is 0. The number of nitrogens with zero attached hydrogens (tertiary/aromatic N) is 3. The molecule has 0 saturated carbocycles. The zero-order valence-corrected chi connectivity index (χ0v) is 9.19. The number of nitrogens with two attached hydrogens (primary N) is 1. The summed E-state index contributed by atoms with van der Waals surface area (Å²) < 4.78 is 0. The molecule has 0 spiro atoms. The van der Waals surface area contributed by atoms with Crippen LogP contribution < -0.4 is 5.73 Å². The highest BCUT2D eigenvalue weighted by molar-refractivity contribution is 5.26. The van der Waals surface area contributed by atoms with Crippen molar-refractivity contribution in [2.24, 2.45) is 0 Å². The van der Waals surface area contributed by atoms with Crippen LogP contribution in [0.15, 0.2) is 12.1 Å². The number of rotatable bonds is 2. The third-order valence-corrected chi connectivity index (χ3v) is 3.16. The largest absolute Gasteiger partial charge is 0.382 e. The average Bonchev–Trinajstić information content (AvgIpc) is 2.30. The second kappa shape index (κ2) is 4.57. The summed E-state index contributed by atoms with van der Waals surface area (Å²) in [5, 5.41) is 8.07. The fourth-order valence-corrected chi connectivity index (χ4v) is 2.12. The van der Waals surface area contributed by atoms with Crippen molar-refractivity contribution in [3.8, 4) is 0 Å². The highest BCUT2D eigenvalue weighted by Gasteiger charge is 2.20. The summed E-state index contributed by atoms with van der Waals surface area (Å²) >= 11 is 0. The summed E-state index contributed by atoms with van der Waals surface area (Å²) in [6.45, 7) is 5.71. The molecule has 1 aliphatic heterocycles. The summed E-state index contributed by atoms with van der Waals surface area (Å²) in [5.74, 6) is 1.07. The molecule has 1 aromatic rings. The second-order valence-corrected chi connectivity index (χ2v) is 4.09. The molecule has 1 saturated heterocycles. The van der Waals surface area contributed by atoms with E-state index in [2.05, 4.69) is 22.0 Å². The van der Waals surface area contributed by atoms with E-state index in [9.17, 15) is 0 Å². The number of likely N-dealkylation sites (tertiary alicyclic amines) is 1. The van der Waals surface area contributed by atoms with Gasteiger partial charge in [0.25, 0.3) is 0 Å². The zero-order valence-electron chi connectivity index (χ0n) is 9.19. The molecular weight excluding hydrogens is 188 g/mol. The van der Waals surface area contributed by atoms with Gasteiger partial charge in [-0.15, -0.1) is 5.10 Å². The third-order valence-electron chi connectivity index (χ3n) is 3.16. The predicted molar refractivity (Wildman–Crippen MR) is 60.5 cm³/mol.